The Bertz CT molecular complexity index is 342. The highest BCUT2D eigenvalue weighted by molar-refractivity contribution is 7.99. The molecule has 0 bridgehead atoms. The fourth-order valence-corrected chi connectivity index (χ4v) is 1.85. The first-order valence-electron chi connectivity index (χ1n) is 4.94. The quantitative estimate of drug-likeness (QED) is 0.592. The van der Waals surface area contributed by atoms with Crippen molar-refractivity contribution in [1.29, 1.82) is 0 Å². The molecule has 88 valence electrons. The minimum Gasteiger partial charge on any atom is -0.480 e. The van der Waals surface area contributed by atoms with Gasteiger partial charge in [0.25, 0.3) is 0 Å². The van der Waals surface area contributed by atoms with Gasteiger partial charge in [-0.1, -0.05) is 0 Å². The molecule has 0 aliphatic rings. The number of hydrogen-bond donors (Lipinski definition) is 2. The number of carboxylic acids is 1. The summed E-state index contributed by atoms with van der Waals surface area (Å²) >= 11 is 1.56. The summed E-state index contributed by atoms with van der Waals surface area (Å²) < 4.78 is 12.6. The molecule has 0 spiro atoms. The molecule has 0 saturated heterocycles. The van der Waals surface area contributed by atoms with E-state index in [0.29, 0.717) is 6.54 Å². The summed E-state index contributed by atoms with van der Waals surface area (Å²) in [6.07, 6.45) is 0. The number of rotatable bonds is 6. The Labute approximate surface area is 98.1 Å². The monoisotopic (exact) mass is 243 g/mol. The van der Waals surface area contributed by atoms with Crippen LogP contribution in [0.1, 0.15) is 6.92 Å². The van der Waals surface area contributed by atoms with Gasteiger partial charge in [0.05, 0.1) is 0 Å². The van der Waals surface area contributed by atoms with E-state index >= 15 is 0 Å². The first-order valence-corrected chi connectivity index (χ1v) is 5.92. The lowest BCUT2D eigenvalue weighted by Crippen LogP contribution is -2.35. The molecule has 2 N–H and O–H groups in total. The summed E-state index contributed by atoms with van der Waals surface area (Å²) in [4.78, 5) is 11.5. The average molecular weight is 243 g/mol. The van der Waals surface area contributed by atoms with Crippen LogP contribution < -0.4 is 5.32 Å². The van der Waals surface area contributed by atoms with Crippen LogP contribution in [0.4, 0.5) is 4.39 Å². The standard InChI is InChI=1S/C11H14FNO2S/c1-8(11(14)15)13-6-7-16-10-4-2-9(12)3-5-10/h2-5,8,13H,6-7H2,1H3,(H,14,15)/t8-/m0/s1. The summed E-state index contributed by atoms with van der Waals surface area (Å²) in [6.45, 7) is 2.21. The third-order valence-corrected chi connectivity index (χ3v) is 3.02. The molecule has 1 aromatic rings. The molecule has 16 heavy (non-hydrogen) atoms. The zero-order valence-corrected chi connectivity index (χ0v) is 9.76. The van der Waals surface area contributed by atoms with Crippen LogP contribution in [0.3, 0.4) is 0 Å². The van der Waals surface area contributed by atoms with Crippen LogP contribution in [-0.4, -0.2) is 29.4 Å². The smallest absolute Gasteiger partial charge is 0.320 e. The number of carboxylic acid groups (broad SMARTS) is 1. The van der Waals surface area contributed by atoms with Gasteiger partial charge >= 0.3 is 5.97 Å². The van der Waals surface area contributed by atoms with Crippen LogP contribution in [0.15, 0.2) is 29.2 Å². The number of hydrogen-bond acceptors (Lipinski definition) is 3. The Morgan fingerprint density at radius 2 is 2.12 bits per heavy atom. The highest BCUT2D eigenvalue weighted by Gasteiger charge is 2.08. The Kier molecular flexibility index (Phi) is 5.28. The van der Waals surface area contributed by atoms with Gasteiger partial charge in [-0.3, -0.25) is 4.79 Å². The number of thioether (sulfide) groups is 1. The predicted molar refractivity (Wildman–Crippen MR) is 62.2 cm³/mol. The van der Waals surface area contributed by atoms with Gasteiger partial charge in [0.15, 0.2) is 0 Å². The van der Waals surface area contributed by atoms with Crippen molar-refractivity contribution in [2.75, 3.05) is 12.3 Å². The maximum absolute atomic E-state index is 12.6. The van der Waals surface area contributed by atoms with E-state index in [1.165, 1.54) is 12.1 Å². The van der Waals surface area contributed by atoms with Crippen LogP contribution in [0.5, 0.6) is 0 Å². The van der Waals surface area contributed by atoms with Gasteiger partial charge < -0.3 is 10.4 Å². The van der Waals surface area contributed by atoms with Crippen molar-refractivity contribution in [3.63, 3.8) is 0 Å². The number of halogens is 1. The van der Waals surface area contributed by atoms with E-state index in [1.54, 1.807) is 30.8 Å². The highest BCUT2D eigenvalue weighted by atomic mass is 32.2. The molecule has 0 unspecified atom stereocenters. The molecule has 1 atom stereocenters. The molecule has 3 nitrogen and oxygen atoms in total. The second kappa shape index (κ2) is 6.50. The molecule has 0 saturated carbocycles. The lowest BCUT2D eigenvalue weighted by atomic mass is 10.3. The molecule has 5 heteroatoms. The molecule has 0 aliphatic heterocycles. The first kappa shape index (κ1) is 13.0. The number of aliphatic carboxylic acids is 1. The molecule has 1 rings (SSSR count). The molecule has 0 aliphatic carbocycles. The fourth-order valence-electron chi connectivity index (χ4n) is 1.06. The van der Waals surface area contributed by atoms with E-state index in [1.807, 2.05) is 0 Å². The van der Waals surface area contributed by atoms with Gasteiger partial charge in [0, 0.05) is 17.2 Å². The fraction of sp³-hybridized carbons (Fsp3) is 0.364. The van der Waals surface area contributed by atoms with E-state index in [-0.39, 0.29) is 5.82 Å². The summed E-state index contributed by atoms with van der Waals surface area (Å²) in [5.41, 5.74) is 0. The molecular formula is C11H14FNO2S. The van der Waals surface area contributed by atoms with Crippen LogP contribution in [-0.2, 0) is 4.79 Å². The summed E-state index contributed by atoms with van der Waals surface area (Å²) in [7, 11) is 0. The second-order valence-corrected chi connectivity index (χ2v) is 4.48. The predicted octanol–water partition coefficient (Wildman–Crippen LogP) is 1.98. The molecule has 0 heterocycles. The summed E-state index contributed by atoms with van der Waals surface area (Å²) in [6, 6.07) is 5.71. The Hall–Kier alpha value is -1.07. The lowest BCUT2D eigenvalue weighted by molar-refractivity contribution is -0.138. The van der Waals surface area contributed by atoms with Crippen molar-refractivity contribution in [3.8, 4) is 0 Å². The normalized spacial score (nSPS) is 12.4. The molecule has 0 fully saturated rings. The SMILES string of the molecule is C[C@H](NCCSc1ccc(F)cc1)C(=O)O. The van der Waals surface area contributed by atoms with E-state index in [2.05, 4.69) is 5.32 Å². The molecule has 1 aromatic carbocycles. The Morgan fingerprint density at radius 1 is 1.50 bits per heavy atom. The van der Waals surface area contributed by atoms with Crippen molar-refractivity contribution in [2.45, 2.75) is 17.9 Å². The molecule has 0 amide bonds. The van der Waals surface area contributed by atoms with Gasteiger partial charge in [-0.05, 0) is 31.2 Å². The second-order valence-electron chi connectivity index (χ2n) is 3.32. The maximum Gasteiger partial charge on any atom is 0.320 e. The minimum atomic E-state index is -0.855. The largest absolute Gasteiger partial charge is 0.480 e. The molecule has 0 radical (unpaired) electrons. The lowest BCUT2D eigenvalue weighted by Gasteiger charge is -2.08. The summed E-state index contributed by atoms with van der Waals surface area (Å²) in [5, 5.41) is 11.5. The molecular weight excluding hydrogens is 229 g/mol. The zero-order valence-electron chi connectivity index (χ0n) is 8.94. The van der Waals surface area contributed by atoms with Crippen LogP contribution in [0, 0.1) is 5.82 Å². The van der Waals surface area contributed by atoms with Crippen molar-refractivity contribution in [1.82, 2.24) is 5.32 Å². The van der Waals surface area contributed by atoms with Crippen molar-refractivity contribution >= 4 is 17.7 Å². The van der Waals surface area contributed by atoms with E-state index in [4.69, 9.17) is 5.11 Å². The van der Waals surface area contributed by atoms with Gasteiger partial charge in [-0.15, -0.1) is 11.8 Å². The van der Waals surface area contributed by atoms with E-state index < -0.39 is 12.0 Å². The van der Waals surface area contributed by atoms with Crippen LogP contribution in [0.2, 0.25) is 0 Å². The number of carbonyl (C=O) groups is 1. The van der Waals surface area contributed by atoms with Crippen molar-refractivity contribution < 1.29 is 14.3 Å². The Morgan fingerprint density at radius 3 is 2.69 bits per heavy atom. The van der Waals surface area contributed by atoms with Crippen molar-refractivity contribution in [3.05, 3.63) is 30.1 Å². The van der Waals surface area contributed by atoms with Gasteiger partial charge in [-0.2, -0.15) is 0 Å². The highest BCUT2D eigenvalue weighted by Crippen LogP contribution is 2.17. The number of benzene rings is 1. The van der Waals surface area contributed by atoms with Crippen LogP contribution in [0.25, 0.3) is 0 Å². The first-order chi connectivity index (χ1) is 7.59. The van der Waals surface area contributed by atoms with E-state index in [9.17, 15) is 9.18 Å². The van der Waals surface area contributed by atoms with Crippen LogP contribution >= 0.6 is 11.8 Å². The van der Waals surface area contributed by atoms with Gasteiger partial charge in [0.1, 0.15) is 11.9 Å². The average Bonchev–Trinajstić information content (AvgIpc) is 2.26. The zero-order chi connectivity index (χ0) is 12.0. The van der Waals surface area contributed by atoms with Crippen molar-refractivity contribution in [2.24, 2.45) is 0 Å². The number of nitrogens with one attached hydrogen (secondary N) is 1. The van der Waals surface area contributed by atoms with E-state index in [0.717, 1.165) is 10.6 Å². The maximum atomic E-state index is 12.6. The summed E-state index contributed by atoms with van der Waals surface area (Å²) in [5.74, 6) is -0.350. The third kappa shape index (κ3) is 4.63. The topological polar surface area (TPSA) is 49.3 Å². The molecule has 0 aromatic heterocycles. The van der Waals surface area contributed by atoms with Gasteiger partial charge in [-0.25, -0.2) is 4.39 Å². The Balaban J connectivity index is 2.21. The van der Waals surface area contributed by atoms with Gasteiger partial charge in [0.2, 0.25) is 0 Å². The minimum absolute atomic E-state index is 0.248. The third-order valence-electron chi connectivity index (χ3n) is 2.01.